The van der Waals surface area contributed by atoms with E-state index in [2.05, 4.69) is 10.3 Å². The normalized spacial score (nSPS) is 18.7. The van der Waals surface area contributed by atoms with Gasteiger partial charge < -0.3 is 24.8 Å². The van der Waals surface area contributed by atoms with E-state index in [0.717, 1.165) is 22.0 Å². The molecule has 1 aromatic heterocycles. The minimum Gasteiger partial charge on any atom is -0.501 e. The second kappa shape index (κ2) is 13.3. The Morgan fingerprint density at radius 3 is 2.55 bits per heavy atom. The van der Waals surface area contributed by atoms with Crippen molar-refractivity contribution >= 4 is 27.7 Å². The second-order valence-corrected chi connectivity index (χ2v) is 13.9. The highest BCUT2D eigenvalue weighted by atomic mass is 32.2. The number of carbonyl (C=O) groups is 2. The molecule has 250 valence electrons. The molecular weight excluding hydrogens is 633 g/mol. The number of piperidine rings is 1. The summed E-state index contributed by atoms with van der Waals surface area (Å²) in [4.78, 5) is 45.7. The maximum atomic E-state index is 14.2. The summed E-state index contributed by atoms with van der Waals surface area (Å²) in [5, 5.41) is 13.4. The lowest BCUT2D eigenvalue weighted by atomic mass is 9.89. The molecule has 6 rings (SSSR count). The van der Waals surface area contributed by atoms with Crippen molar-refractivity contribution < 1.29 is 37.0 Å². The van der Waals surface area contributed by atoms with Gasteiger partial charge in [0, 0.05) is 52.2 Å². The van der Waals surface area contributed by atoms with E-state index in [1.54, 1.807) is 4.90 Å². The van der Waals surface area contributed by atoms with Crippen LogP contribution >= 0.6 is 0 Å². The SMILES string of the molecule is O=C(NCc1ccc(F)cc1N1CCCCS1(=O)=O)c1nc2n(c(=O)c1O)CCCOC21CCN(C(=O)OCc2ccccc2)CC1. The first-order valence-corrected chi connectivity index (χ1v) is 17.2. The van der Waals surface area contributed by atoms with E-state index in [1.807, 2.05) is 30.3 Å². The van der Waals surface area contributed by atoms with Gasteiger partial charge in [-0.15, -0.1) is 0 Å². The smallest absolute Gasteiger partial charge is 0.410 e. The van der Waals surface area contributed by atoms with Gasteiger partial charge >= 0.3 is 6.09 Å². The molecule has 0 radical (unpaired) electrons. The van der Waals surface area contributed by atoms with E-state index in [-0.39, 0.29) is 69.4 Å². The Hall–Kier alpha value is -4.50. The molecule has 15 heteroatoms. The van der Waals surface area contributed by atoms with Gasteiger partial charge in [0.15, 0.2) is 5.69 Å². The van der Waals surface area contributed by atoms with Crippen LogP contribution in [0.25, 0.3) is 0 Å². The molecule has 0 unspecified atom stereocenters. The largest absolute Gasteiger partial charge is 0.501 e. The van der Waals surface area contributed by atoms with Crippen molar-refractivity contribution in [3.05, 3.63) is 87.3 Å². The molecule has 0 aliphatic carbocycles. The molecule has 13 nitrogen and oxygen atoms in total. The third kappa shape index (κ3) is 6.67. The first-order valence-electron chi connectivity index (χ1n) is 15.6. The molecule has 2 aromatic carbocycles. The van der Waals surface area contributed by atoms with Gasteiger partial charge in [0.25, 0.3) is 11.5 Å². The predicted molar refractivity (Wildman–Crippen MR) is 168 cm³/mol. The number of benzene rings is 2. The lowest BCUT2D eigenvalue weighted by Gasteiger charge is -2.40. The average molecular weight is 670 g/mol. The minimum atomic E-state index is -3.66. The summed E-state index contributed by atoms with van der Waals surface area (Å²) in [6, 6.07) is 13.0. The van der Waals surface area contributed by atoms with Gasteiger partial charge in [-0.25, -0.2) is 22.6 Å². The van der Waals surface area contributed by atoms with E-state index in [1.165, 1.54) is 10.6 Å². The minimum absolute atomic E-state index is 0.0668. The van der Waals surface area contributed by atoms with Crippen LogP contribution in [0.2, 0.25) is 0 Å². The maximum absolute atomic E-state index is 14.2. The van der Waals surface area contributed by atoms with Crippen molar-refractivity contribution in [2.45, 2.75) is 57.4 Å². The van der Waals surface area contributed by atoms with E-state index in [0.29, 0.717) is 31.4 Å². The van der Waals surface area contributed by atoms with Crippen molar-refractivity contribution in [3.63, 3.8) is 0 Å². The number of anilines is 1. The zero-order valence-corrected chi connectivity index (χ0v) is 26.5. The Labute approximate surface area is 271 Å². The summed E-state index contributed by atoms with van der Waals surface area (Å²) in [5.41, 5.74) is -1.09. The average Bonchev–Trinajstić information content (AvgIpc) is 3.24. The summed E-state index contributed by atoms with van der Waals surface area (Å²) in [6.07, 6.45) is 1.64. The van der Waals surface area contributed by atoms with E-state index in [4.69, 9.17) is 9.47 Å². The number of rotatable bonds is 6. The molecule has 0 atom stereocenters. The standard InChI is InChI=1S/C32H36FN5O8S/c33-24-10-9-23(25(19-24)38-14-4-5-18-47(38,43)44)20-34-28(40)26-27(39)29(41)37-13-6-17-46-32(30(37)35-26)11-15-36(16-12-32)31(42)45-21-22-7-2-1-3-8-22/h1-3,7-10,19,39H,4-6,11-18,20-21H2,(H,34,40). The molecule has 1 spiro atoms. The Balaban J connectivity index is 1.21. The zero-order valence-electron chi connectivity index (χ0n) is 25.7. The summed E-state index contributed by atoms with van der Waals surface area (Å²) in [6.45, 7) is 1.10. The molecule has 0 bridgehead atoms. The van der Waals surface area contributed by atoms with Gasteiger partial charge in [-0.05, 0) is 42.5 Å². The lowest BCUT2D eigenvalue weighted by molar-refractivity contribution is -0.0894. The van der Waals surface area contributed by atoms with Gasteiger partial charge in [0.05, 0.1) is 11.4 Å². The number of ether oxygens (including phenoxy) is 2. The van der Waals surface area contributed by atoms with Crippen LogP contribution in [0.3, 0.4) is 0 Å². The van der Waals surface area contributed by atoms with Crippen LogP contribution in [0, 0.1) is 5.82 Å². The summed E-state index contributed by atoms with van der Waals surface area (Å²) in [5.74, 6) is -2.22. The quantitative estimate of drug-likeness (QED) is 0.402. The van der Waals surface area contributed by atoms with Crippen LogP contribution in [0.4, 0.5) is 14.9 Å². The first-order chi connectivity index (χ1) is 22.6. The van der Waals surface area contributed by atoms with Gasteiger partial charge in [-0.1, -0.05) is 36.4 Å². The highest BCUT2D eigenvalue weighted by molar-refractivity contribution is 7.92. The maximum Gasteiger partial charge on any atom is 0.410 e. The highest BCUT2D eigenvalue weighted by Crippen LogP contribution is 2.38. The third-order valence-electron chi connectivity index (χ3n) is 8.81. The fourth-order valence-corrected chi connectivity index (χ4v) is 7.95. The molecule has 47 heavy (non-hydrogen) atoms. The number of likely N-dealkylation sites (tertiary alicyclic amines) is 1. The predicted octanol–water partition coefficient (Wildman–Crippen LogP) is 3.00. The molecule has 2 N–H and O–H groups in total. The summed E-state index contributed by atoms with van der Waals surface area (Å²) in [7, 11) is -3.66. The van der Waals surface area contributed by atoms with E-state index < -0.39 is 50.4 Å². The van der Waals surface area contributed by atoms with Crippen LogP contribution in [-0.4, -0.2) is 72.0 Å². The highest BCUT2D eigenvalue weighted by Gasteiger charge is 2.44. The Kier molecular flexibility index (Phi) is 9.19. The van der Waals surface area contributed by atoms with Gasteiger partial charge in [0.1, 0.15) is 23.8 Å². The van der Waals surface area contributed by atoms with E-state index in [9.17, 15) is 32.3 Å². The number of nitrogens with one attached hydrogen (secondary N) is 1. The number of aromatic hydroxyl groups is 1. The first kappa shape index (κ1) is 32.4. The number of sulfonamides is 1. The monoisotopic (exact) mass is 669 g/mol. The molecule has 3 aromatic rings. The molecule has 4 heterocycles. The van der Waals surface area contributed by atoms with Crippen molar-refractivity contribution in [1.29, 1.82) is 0 Å². The summed E-state index contributed by atoms with van der Waals surface area (Å²) >= 11 is 0. The number of fused-ring (bicyclic) bond motifs is 2. The van der Waals surface area contributed by atoms with Gasteiger partial charge in [0.2, 0.25) is 15.8 Å². The van der Waals surface area contributed by atoms with Crippen molar-refractivity contribution in [2.75, 3.05) is 36.3 Å². The summed E-state index contributed by atoms with van der Waals surface area (Å²) < 4.78 is 53.9. The molecule has 2 amide bonds. The number of hydrogen-bond acceptors (Lipinski definition) is 9. The van der Waals surface area contributed by atoms with Crippen LogP contribution in [0.1, 0.15) is 59.5 Å². The number of carbonyl (C=O) groups excluding carboxylic acids is 2. The molecule has 2 saturated heterocycles. The number of amides is 2. The zero-order chi connectivity index (χ0) is 33.2. The number of nitrogens with zero attached hydrogens (tertiary/aromatic N) is 4. The topological polar surface area (TPSA) is 160 Å². The molecular formula is C32H36FN5O8S. The number of hydrogen-bond donors (Lipinski definition) is 2. The number of aromatic nitrogens is 2. The fourth-order valence-electron chi connectivity index (χ4n) is 6.28. The number of halogens is 1. The van der Waals surface area contributed by atoms with E-state index >= 15 is 0 Å². The van der Waals surface area contributed by atoms with Crippen molar-refractivity contribution in [3.8, 4) is 5.75 Å². The van der Waals surface area contributed by atoms with Crippen LogP contribution in [-0.2, 0) is 44.8 Å². The van der Waals surface area contributed by atoms with Crippen molar-refractivity contribution in [1.82, 2.24) is 19.8 Å². The molecule has 0 saturated carbocycles. The van der Waals surface area contributed by atoms with Gasteiger partial charge in [-0.2, -0.15) is 0 Å². The Bertz CT molecular complexity index is 1830. The third-order valence-corrected chi connectivity index (χ3v) is 10.7. The molecule has 3 aliphatic rings. The van der Waals surface area contributed by atoms with Crippen LogP contribution < -0.4 is 15.2 Å². The van der Waals surface area contributed by atoms with Crippen LogP contribution in [0.15, 0.2) is 53.3 Å². The van der Waals surface area contributed by atoms with Crippen molar-refractivity contribution in [2.24, 2.45) is 0 Å². The second-order valence-electron chi connectivity index (χ2n) is 11.9. The Morgan fingerprint density at radius 1 is 1.04 bits per heavy atom. The lowest BCUT2D eigenvalue weighted by Crippen LogP contribution is -2.49. The molecule has 2 fully saturated rings. The van der Waals surface area contributed by atoms with Crippen LogP contribution in [0.5, 0.6) is 5.75 Å². The fraction of sp³-hybridized carbons (Fsp3) is 0.438. The Morgan fingerprint density at radius 2 is 1.81 bits per heavy atom. The molecule has 3 aliphatic heterocycles. The van der Waals surface area contributed by atoms with Gasteiger partial charge in [-0.3, -0.25) is 18.5 Å².